The number of aldehydes is 1. The molecule has 0 heterocycles. The monoisotopic (exact) mass is 322 g/mol. The van der Waals surface area contributed by atoms with E-state index >= 15 is 0 Å². The number of phenolic OH excluding ortho intramolecular Hbond substituents is 1. The number of phenols is 1. The molecule has 1 aromatic carbocycles. The van der Waals surface area contributed by atoms with Crippen molar-refractivity contribution >= 4 is 17.5 Å². The van der Waals surface area contributed by atoms with Crippen LogP contribution in [0.4, 0.5) is 5.69 Å². The summed E-state index contributed by atoms with van der Waals surface area (Å²) in [7, 11) is 0. The molecule has 0 saturated heterocycles. The van der Waals surface area contributed by atoms with Gasteiger partial charge in [0.1, 0.15) is 12.0 Å². The van der Waals surface area contributed by atoms with E-state index in [1.165, 1.54) is 12.1 Å². The van der Waals surface area contributed by atoms with E-state index in [4.69, 9.17) is 11.5 Å². The maximum atomic E-state index is 10.6. The van der Waals surface area contributed by atoms with Gasteiger partial charge in [0.15, 0.2) is 0 Å². The largest absolute Gasteiger partial charge is 0.508 e. The summed E-state index contributed by atoms with van der Waals surface area (Å²) in [5.74, 6) is 0.382. The molecule has 0 aliphatic rings. The second-order valence-electron chi connectivity index (χ2n) is 6.46. The summed E-state index contributed by atoms with van der Waals surface area (Å²) in [4.78, 5) is 10.6. The van der Waals surface area contributed by atoms with E-state index in [0.29, 0.717) is 29.5 Å². The molecule has 0 aliphatic heterocycles. The average molecular weight is 322 g/mol. The highest BCUT2D eigenvalue weighted by atomic mass is 16.3. The number of carbonyl (C=O) groups excluding carboxylic acids is 1. The van der Waals surface area contributed by atoms with E-state index in [-0.39, 0.29) is 5.75 Å². The first-order chi connectivity index (χ1) is 10.6. The zero-order chi connectivity index (χ0) is 18.2. The molecule has 5 nitrogen and oxygen atoms in total. The van der Waals surface area contributed by atoms with Crippen LogP contribution in [0.2, 0.25) is 0 Å². The molecule has 0 aliphatic carbocycles. The third-order valence-corrected chi connectivity index (χ3v) is 3.09. The Morgan fingerprint density at radius 1 is 1.30 bits per heavy atom. The average Bonchev–Trinajstić information content (AvgIpc) is 2.44. The Bertz CT molecular complexity index is 512. The maximum absolute atomic E-state index is 10.6. The minimum absolute atomic E-state index is 0.0768. The first-order valence-corrected chi connectivity index (χ1v) is 7.75. The Kier molecular flexibility index (Phi) is 9.22. The second-order valence-corrected chi connectivity index (χ2v) is 6.46. The highest BCUT2D eigenvalue weighted by molar-refractivity contribution is 5.75. The predicted octanol–water partition coefficient (Wildman–Crippen LogP) is 2.56. The molecule has 1 rings (SSSR count). The number of nitrogens with two attached hydrogens (primary N) is 2. The number of hydrogen-bond donors (Lipinski definition) is 4. The molecule has 0 saturated carbocycles. The number of aliphatic hydroxyl groups excluding tert-OH is 1. The highest BCUT2D eigenvalue weighted by Gasteiger charge is 2.22. The summed E-state index contributed by atoms with van der Waals surface area (Å²) < 4.78 is 0. The summed E-state index contributed by atoms with van der Waals surface area (Å²) in [6, 6.07) is 3.99. The summed E-state index contributed by atoms with van der Waals surface area (Å²) in [6.07, 6.45) is 0.0591. The lowest BCUT2D eigenvalue weighted by Crippen LogP contribution is -2.39. The van der Waals surface area contributed by atoms with Gasteiger partial charge in [0, 0.05) is 29.3 Å². The van der Waals surface area contributed by atoms with Gasteiger partial charge < -0.3 is 26.5 Å². The fraction of sp³-hybridized carbons (Fsp3) is 0.500. The normalized spacial score (nSPS) is 14.4. The van der Waals surface area contributed by atoms with E-state index in [2.05, 4.69) is 27.4 Å². The van der Waals surface area contributed by atoms with Gasteiger partial charge in [0.2, 0.25) is 0 Å². The van der Waals surface area contributed by atoms with Crippen molar-refractivity contribution in [2.45, 2.75) is 46.3 Å². The first kappa shape index (κ1) is 21.1. The third-order valence-electron chi connectivity index (χ3n) is 3.09. The van der Waals surface area contributed by atoms with Crippen LogP contribution in [0.3, 0.4) is 0 Å². The summed E-state index contributed by atoms with van der Waals surface area (Å²) >= 11 is 0. The Morgan fingerprint density at radius 3 is 2.26 bits per heavy atom. The molecule has 130 valence electrons. The molecule has 23 heavy (non-hydrogen) atoms. The quantitative estimate of drug-likeness (QED) is 0.475. The number of carbonyl (C=O) groups is 1. The molecule has 0 aromatic heterocycles. The number of nitrogen functional groups attached to an aromatic ring is 1. The molecular weight excluding hydrogens is 292 g/mol. The van der Waals surface area contributed by atoms with Crippen LogP contribution in [0.15, 0.2) is 24.8 Å². The minimum atomic E-state index is -0.924. The van der Waals surface area contributed by atoms with Gasteiger partial charge in [-0.1, -0.05) is 34.3 Å². The molecule has 0 fully saturated rings. The van der Waals surface area contributed by atoms with E-state index in [1.54, 1.807) is 13.0 Å². The summed E-state index contributed by atoms with van der Waals surface area (Å²) in [6.45, 7) is 12.0. The lowest BCUT2D eigenvalue weighted by Gasteiger charge is -2.22. The molecule has 6 N–H and O–H groups in total. The molecular formula is C18H30N2O3. The fourth-order valence-corrected chi connectivity index (χ4v) is 1.86. The molecule has 0 bridgehead atoms. The fourth-order valence-electron chi connectivity index (χ4n) is 1.86. The Balaban J connectivity index is 0.00000108. The van der Waals surface area contributed by atoms with Crippen LogP contribution in [0, 0.1) is 11.8 Å². The maximum Gasteiger partial charge on any atom is 0.125 e. The first-order valence-electron chi connectivity index (χ1n) is 7.75. The van der Waals surface area contributed by atoms with Gasteiger partial charge >= 0.3 is 0 Å². The zero-order valence-corrected chi connectivity index (χ0v) is 14.5. The van der Waals surface area contributed by atoms with E-state index < -0.39 is 18.1 Å². The Labute approximate surface area is 139 Å². The smallest absolute Gasteiger partial charge is 0.125 e. The van der Waals surface area contributed by atoms with Crippen LogP contribution < -0.4 is 11.5 Å². The van der Waals surface area contributed by atoms with Crippen LogP contribution >= 0.6 is 0 Å². The van der Waals surface area contributed by atoms with E-state index in [9.17, 15) is 15.0 Å². The topological polar surface area (TPSA) is 110 Å². The minimum Gasteiger partial charge on any atom is -0.508 e. The van der Waals surface area contributed by atoms with Crippen LogP contribution in [0.25, 0.3) is 5.57 Å². The Morgan fingerprint density at radius 2 is 1.83 bits per heavy atom. The molecule has 1 aromatic rings. The van der Waals surface area contributed by atoms with Crippen molar-refractivity contribution in [3.8, 4) is 5.75 Å². The molecule has 0 radical (unpaired) electrons. The number of rotatable bonds is 6. The van der Waals surface area contributed by atoms with Gasteiger partial charge in [-0.05, 0) is 30.0 Å². The SMILES string of the molecule is C=C(CC(N)C(O)C(C)C=O)c1ccc(O)cc1N.CC(C)C. The highest BCUT2D eigenvalue weighted by Crippen LogP contribution is 2.27. The Hall–Kier alpha value is -1.85. The van der Waals surface area contributed by atoms with Crippen LogP contribution in [-0.4, -0.2) is 28.6 Å². The van der Waals surface area contributed by atoms with E-state index in [1.807, 2.05) is 0 Å². The zero-order valence-electron chi connectivity index (χ0n) is 14.5. The van der Waals surface area contributed by atoms with Crippen molar-refractivity contribution in [3.05, 3.63) is 30.3 Å². The van der Waals surface area contributed by atoms with Crippen molar-refractivity contribution in [1.29, 1.82) is 0 Å². The standard InChI is InChI=1S/C14H20N2O3.C4H10/c1-8(5-13(16)14(19)9(2)7-17)11-4-3-10(18)6-12(11)15;1-4(2)3/h3-4,6-7,9,13-14,18-19H,1,5,15-16H2,2H3;4H,1-3H3. The van der Waals surface area contributed by atoms with Gasteiger partial charge in [-0.15, -0.1) is 0 Å². The molecule has 3 atom stereocenters. The number of hydrogen-bond acceptors (Lipinski definition) is 5. The van der Waals surface area contributed by atoms with Gasteiger partial charge in [-0.2, -0.15) is 0 Å². The van der Waals surface area contributed by atoms with E-state index in [0.717, 1.165) is 5.92 Å². The van der Waals surface area contributed by atoms with Crippen molar-refractivity contribution in [2.24, 2.45) is 17.6 Å². The molecule has 3 unspecified atom stereocenters. The van der Waals surface area contributed by atoms with Crippen molar-refractivity contribution in [3.63, 3.8) is 0 Å². The number of benzene rings is 1. The number of aliphatic hydroxyl groups is 1. The van der Waals surface area contributed by atoms with Crippen molar-refractivity contribution in [2.75, 3.05) is 5.73 Å². The molecule has 0 spiro atoms. The lowest BCUT2D eigenvalue weighted by atomic mass is 9.92. The van der Waals surface area contributed by atoms with Gasteiger partial charge in [0.05, 0.1) is 6.10 Å². The number of aromatic hydroxyl groups is 1. The van der Waals surface area contributed by atoms with Crippen LogP contribution in [0.5, 0.6) is 5.75 Å². The van der Waals surface area contributed by atoms with Crippen molar-refractivity contribution in [1.82, 2.24) is 0 Å². The molecule has 5 heteroatoms. The lowest BCUT2D eigenvalue weighted by molar-refractivity contribution is -0.114. The van der Waals surface area contributed by atoms with Crippen molar-refractivity contribution < 1.29 is 15.0 Å². The predicted molar refractivity (Wildman–Crippen MR) is 95.9 cm³/mol. The number of anilines is 1. The van der Waals surface area contributed by atoms with Gasteiger partial charge in [-0.25, -0.2) is 0 Å². The summed E-state index contributed by atoms with van der Waals surface area (Å²) in [5, 5.41) is 19.1. The van der Waals surface area contributed by atoms with Gasteiger partial charge in [-0.3, -0.25) is 0 Å². The van der Waals surface area contributed by atoms with Crippen LogP contribution in [0.1, 0.15) is 39.7 Å². The second kappa shape index (κ2) is 10.0. The van der Waals surface area contributed by atoms with Crippen LogP contribution in [-0.2, 0) is 4.79 Å². The summed E-state index contributed by atoms with van der Waals surface area (Å²) in [5.41, 5.74) is 13.4. The third kappa shape index (κ3) is 7.81. The van der Waals surface area contributed by atoms with Gasteiger partial charge in [0.25, 0.3) is 0 Å². The molecule has 0 amide bonds.